The van der Waals surface area contributed by atoms with Crippen LogP contribution in [0, 0.1) is 0 Å². The van der Waals surface area contributed by atoms with Crippen molar-refractivity contribution in [2.75, 3.05) is 14.2 Å². The summed E-state index contributed by atoms with van der Waals surface area (Å²) >= 11 is 1.64. The highest BCUT2D eigenvalue weighted by Crippen LogP contribution is 2.37. The number of methoxy groups -OCH3 is 2. The first-order chi connectivity index (χ1) is 14.7. The van der Waals surface area contributed by atoms with Gasteiger partial charge in [-0.2, -0.15) is 0 Å². The second-order valence-electron chi connectivity index (χ2n) is 6.46. The SMILES string of the molecule is COc1cccc(-n2cc(-c3ccccc3Sc3ccc(CO)cc3)nn2)c1OC. The molecular formula is C23H21N3O3S. The summed E-state index contributed by atoms with van der Waals surface area (Å²) in [6.45, 7) is 0.0401. The Morgan fingerprint density at radius 1 is 0.933 bits per heavy atom. The minimum atomic E-state index is 0.0401. The van der Waals surface area contributed by atoms with Gasteiger partial charge in [-0.15, -0.1) is 5.10 Å². The predicted octanol–water partition coefficient (Wildman–Crippen LogP) is 4.60. The molecular weight excluding hydrogens is 398 g/mol. The van der Waals surface area contributed by atoms with Crippen molar-refractivity contribution in [3.8, 4) is 28.4 Å². The van der Waals surface area contributed by atoms with Gasteiger partial charge >= 0.3 is 0 Å². The van der Waals surface area contributed by atoms with Gasteiger partial charge in [0.05, 0.1) is 27.0 Å². The lowest BCUT2D eigenvalue weighted by molar-refractivity contribution is 0.282. The third kappa shape index (κ3) is 4.03. The molecule has 0 aliphatic rings. The van der Waals surface area contributed by atoms with E-state index in [1.165, 1.54) is 0 Å². The Hall–Kier alpha value is -3.29. The number of aliphatic hydroxyl groups excluding tert-OH is 1. The number of nitrogens with zero attached hydrogens (tertiary/aromatic N) is 3. The molecule has 0 amide bonds. The highest BCUT2D eigenvalue weighted by molar-refractivity contribution is 7.99. The molecule has 0 bridgehead atoms. The zero-order valence-corrected chi connectivity index (χ0v) is 17.5. The molecule has 3 aromatic carbocycles. The molecule has 1 heterocycles. The zero-order valence-electron chi connectivity index (χ0n) is 16.6. The summed E-state index contributed by atoms with van der Waals surface area (Å²) in [6.07, 6.45) is 1.88. The Bertz CT molecular complexity index is 1140. The number of benzene rings is 3. The van der Waals surface area contributed by atoms with Crippen molar-refractivity contribution in [1.29, 1.82) is 0 Å². The van der Waals surface area contributed by atoms with Crippen molar-refractivity contribution in [2.24, 2.45) is 0 Å². The molecule has 6 nitrogen and oxygen atoms in total. The van der Waals surface area contributed by atoms with Crippen molar-refractivity contribution >= 4 is 11.8 Å². The van der Waals surface area contributed by atoms with E-state index >= 15 is 0 Å². The second-order valence-corrected chi connectivity index (χ2v) is 7.58. The van der Waals surface area contributed by atoms with Crippen molar-refractivity contribution in [3.63, 3.8) is 0 Å². The monoisotopic (exact) mass is 419 g/mol. The van der Waals surface area contributed by atoms with Crippen LogP contribution in [0.25, 0.3) is 16.9 Å². The smallest absolute Gasteiger partial charge is 0.186 e. The van der Waals surface area contributed by atoms with Crippen LogP contribution in [0.2, 0.25) is 0 Å². The van der Waals surface area contributed by atoms with Crippen LogP contribution in [0.1, 0.15) is 5.56 Å². The van der Waals surface area contributed by atoms with E-state index in [2.05, 4.69) is 16.4 Å². The minimum Gasteiger partial charge on any atom is -0.493 e. The number of para-hydroxylation sites is 1. The van der Waals surface area contributed by atoms with Gasteiger partial charge in [-0.25, -0.2) is 4.68 Å². The number of hydrogen-bond donors (Lipinski definition) is 1. The lowest BCUT2D eigenvalue weighted by Gasteiger charge is -2.11. The van der Waals surface area contributed by atoms with Crippen molar-refractivity contribution in [1.82, 2.24) is 15.0 Å². The summed E-state index contributed by atoms with van der Waals surface area (Å²) in [5.74, 6) is 1.23. The zero-order chi connectivity index (χ0) is 20.9. The summed E-state index contributed by atoms with van der Waals surface area (Å²) in [4.78, 5) is 2.15. The van der Waals surface area contributed by atoms with Gasteiger partial charge in [-0.3, -0.25) is 0 Å². The number of aliphatic hydroxyl groups is 1. The topological polar surface area (TPSA) is 69.4 Å². The van der Waals surface area contributed by atoms with E-state index in [-0.39, 0.29) is 6.61 Å². The normalized spacial score (nSPS) is 10.8. The summed E-state index contributed by atoms with van der Waals surface area (Å²) in [5.41, 5.74) is 3.39. The molecule has 0 saturated heterocycles. The fraction of sp³-hybridized carbons (Fsp3) is 0.130. The number of ether oxygens (including phenoxy) is 2. The van der Waals surface area contributed by atoms with Crippen LogP contribution in [0.5, 0.6) is 11.5 Å². The molecule has 0 saturated carbocycles. The Balaban J connectivity index is 1.68. The lowest BCUT2D eigenvalue weighted by Crippen LogP contribution is -2.00. The van der Waals surface area contributed by atoms with Crippen LogP contribution >= 0.6 is 11.8 Å². The maximum absolute atomic E-state index is 9.24. The predicted molar refractivity (Wildman–Crippen MR) is 116 cm³/mol. The van der Waals surface area contributed by atoms with Crippen molar-refractivity contribution in [2.45, 2.75) is 16.4 Å². The first-order valence-electron chi connectivity index (χ1n) is 9.34. The van der Waals surface area contributed by atoms with Gasteiger partial charge in [0.15, 0.2) is 11.5 Å². The third-order valence-electron chi connectivity index (χ3n) is 4.62. The molecule has 0 radical (unpaired) electrons. The Labute approximate surface area is 179 Å². The first kappa shape index (κ1) is 20.0. The van der Waals surface area contributed by atoms with Gasteiger partial charge < -0.3 is 14.6 Å². The van der Waals surface area contributed by atoms with Gasteiger partial charge in [-0.05, 0) is 35.9 Å². The summed E-state index contributed by atoms with van der Waals surface area (Å²) < 4.78 is 12.6. The molecule has 30 heavy (non-hydrogen) atoms. The molecule has 0 aliphatic carbocycles. The molecule has 0 atom stereocenters. The molecule has 7 heteroatoms. The van der Waals surface area contributed by atoms with E-state index in [1.54, 1.807) is 30.7 Å². The largest absolute Gasteiger partial charge is 0.493 e. The van der Waals surface area contributed by atoms with Gasteiger partial charge in [0.25, 0.3) is 0 Å². The molecule has 4 rings (SSSR count). The van der Waals surface area contributed by atoms with Crippen molar-refractivity contribution < 1.29 is 14.6 Å². The quantitative estimate of drug-likeness (QED) is 0.472. The van der Waals surface area contributed by atoms with E-state index in [0.29, 0.717) is 11.5 Å². The van der Waals surface area contributed by atoms with E-state index in [1.807, 2.05) is 66.9 Å². The summed E-state index contributed by atoms with van der Waals surface area (Å²) in [7, 11) is 3.21. The molecule has 4 aromatic rings. The fourth-order valence-electron chi connectivity index (χ4n) is 3.11. The van der Waals surface area contributed by atoms with Gasteiger partial charge in [-0.1, -0.05) is 53.4 Å². The van der Waals surface area contributed by atoms with Crippen LogP contribution in [0.15, 0.2) is 82.7 Å². The van der Waals surface area contributed by atoms with E-state index in [0.717, 1.165) is 32.3 Å². The minimum absolute atomic E-state index is 0.0401. The van der Waals surface area contributed by atoms with Crippen LogP contribution in [0.4, 0.5) is 0 Å². The van der Waals surface area contributed by atoms with Crippen LogP contribution in [-0.2, 0) is 6.61 Å². The van der Waals surface area contributed by atoms with Crippen LogP contribution in [0.3, 0.4) is 0 Å². The average Bonchev–Trinajstić information content (AvgIpc) is 3.29. The number of aromatic nitrogens is 3. The molecule has 1 N–H and O–H groups in total. The van der Waals surface area contributed by atoms with Crippen LogP contribution in [-0.4, -0.2) is 34.3 Å². The van der Waals surface area contributed by atoms with Gasteiger partial charge in [0.1, 0.15) is 11.4 Å². The molecule has 152 valence electrons. The molecule has 0 fully saturated rings. The molecule has 0 unspecified atom stereocenters. The van der Waals surface area contributed by atoms with Crippen molar-refractivity contribution in [3.05, 3.63) is 78.5 Å². The van der Waals surface area contributed by atoms with E-state index < -0.39 is 0 Å². The molecule has 0 spiro atoms. The fourth-order valence-corrected chi connectivity index (χ4v) is 4.07. The second kappa shape index (κ2) is 9.02. The Morgan fingerprint density at radius 3 is 2.47 bits per heavy atom. The third-order valence-corrected chi connectivity index (χ3v) is 5.70. The van der Waals surface area contributed by atoms with Gasteiger partial charge in [0.2, 0.25) is 0 Å². The number of hydrogen-bond acceptors (Lipinski definition) is 6. The summed E-state index contributed by atoms with van der Waals surface area (Å²) in [6, 6.07) is 21.6. The van der Waals surface area contributed by atoms with E-state index in [4.69, 9.17) is 9.47 Å². The maximum atomic E-state index is 9.24. The standard InChI is InChI=1S/C23H21N3O3S/c1-28-21-8-5-7-20(23(21)29-2)26-14-19(24-25-26)18-6-3-4-9-22(18)30-17-12-10-16(15-27)11-13-17/h3-14,27H,15H2,1-2H3. The van der Waals surface area contributed by atoms with Crippen LogP contribution < -0.4 is 9.47 Å². The van der Waals surface area contributed by atoms with Gasteiger partial charge in [0, 0.05) is 15.4 Å². The lowest BCUT2D eigenvalue weighted by atomic mass is 10.2. The first-order valence-corrected chi connectivity index (χ1v) is 10.2. The molecule has 0 aliphatic heterocycles. The Morgan fingerprint density at radius 2 is 1.73 bits per heavy atom. The summed E-state index contributed by atoms with van der Waals surface area (Å²) in [5, 5.41) is 17.9. The van der Waals surface area contributed by atoms with E-state index in [9.17, 15) is 5.11 Å². The molecule has 1 aromatic heterocycles. The maximum Gasteiger partial charge on any atom is 0.186 e. The highest BCUT2D eigenvalue weighted by atomic mass is 32.2. The highest BCUT2D eigenvalue weighted by Gasteiger charge is 2.15. The average molecular weight is 420 g/mol. The Kier molecular flexibility index (Phi) is 6.02. The number of rotatable bonds is 7.